The zero-order valence-corrected chi connectivity index (χ0v) is 10.4. The molecular weight excluding hydrogens is 198 g/mol. The van der Waals surface area contributed by atoms with E-state index in [-0.39, 0.29) is 0 Å². The van der Waals surface area contributed by atoms with Gasteiger partial charge in [-0.1, -0.05) is 32.1 Å². The first-order valence-corrected chi connectivity index (χ1v) is 7.15. The summed E-state index contributed by atoms with van der Waals surface area (Å²) in [4.78, 5) is 0. The van der Waals surface area contributed by atoms with Crippen LogP contribution < -0.4 is 5.32 Å². The van der Waals surface area contributed by atoms with Crippen molar-refractivity contribution in [2.24, 2.45) is 11.8 Å². The predicted octanol–water partition coefficient (Wildman–Crippen LogP) is 2.46. The molecule has 2 aliphatic heterocycles. The van der Waals surface area contributed by atoms with E-state index in [0.29, 0.717) is 18.0 Å². The molecule has 0 aromatic carbocycles. The van der Waals surface area contributed by atoms with Crippen molar-refractivity contribution < 1.29 is 5.11 Å². The number of rotatable bonds is 1. The van der Waals surface area contributed by atoms with E-state index in [1.807, 2.05) is 0 Å². The monoisotopic (exact) mass is 223 g/mol. The predicted molar refractivity (Wildman–Crippen MR) is 65.3 cm³/mol. The summed E-state index contributed by atoms with van der Waals surface area (Å²) in [7, 11) is 0. The molecule has 2 saturated heterocycles. The van der Waals surface area contributed by atoms with E-state index in [2.05, 4.69) is 12.2 Å². The number of hydrogen-bond acceptors (Lipinski definition) is 2. The molecule has 0 amide bonds. The molecule has 3 fully saturated rings. The van der Waals surface area contributed by atoms with Crippen molar-refractivity contribution in [1.29, 1.82) is 0 Å². The molecule has 0 aromatic heterocycles. The summed E-state index contributed by atoms with van der Waals surface area (Å²) >= 11 is 0. The van der Waals surface area contributed by atoms with Crippen LogP contribution in [0, 0.1) is 11.8 Å². The van der Waals surface area contributed by atoms with Gasteiger partial charge >= 0.3 is 0 Å². The van der Waals surface area contributed by atoms with Gasteiger partial charge in [0, 0.05) is 18.0 Å². The SMILES string of the molecule is CC1(O)CC2CCC(N2)C1C1CCCCC1. The summed E-state index contributed by atoms with van der Waals surface area (Å²) in [5, 5.41) is 14.5. The fraction of sp³-hybridized carbons (Fsp3) is 1.00. The second-order valence-corrected chi connectivity index (χ2v) is 6.53. The molecule has 92 valence electrons. The lowest BCUT2D eigenvalue weighted by Crippen LogP contribution is -2.57. The fourth-order valence-corrected chi connectivity index (χ4v) is 4.69. The number of fused-ring (bicyclic) bond motifs is 2. The highest BCUT2D eigenvalue weighted by Gasteiger charge is 2.50. The van der Waals surface area contributed by atoms with E-state index in [4.69, 9.17) is 0 Å². The van der Waals surface area contributed by atoms with Crippen molar-refractivity contribution in [3.8, 4) is 0 Å². The van der Waals surface area contributed by atoms with Crippen molar-refractivity contribution in [3.63, 3.8) is 0 Å². The second kappa shape index (κ2) is 3.99. The Morgan fingerprint density at radius 2 is 1.81 bits per heavy atom. The number of hydrogen-bond donors (Lipinski definition) is 2. The van der Waals surface area contributed by atoms with Gasteiger partial charge in [-0.3, -0.25) is 0 Å². The first-order chi connectivity index (χ1) is 7.67. The van der Waals surface area contributed by atoms with Crippen LogP contribution in [0.25, 0.3) is 0 Å². The van der Waals surface area contributed by atoms with E-state index >= 15 is 0 Å². The number of nitrogens with one attached hydrogen (secondary N) is 1. The summed E-state index contributed by atoms with van der Waals surface area (Å²) in [6.07, 6.45) is 10.4. The second-order valence-electron chi connectivity index (χ2n) is 6.53. The van der Waals surface area contributed by atoms with Crippen molar-refractivity contribution >= 4 is 0 Å². The van der Waals surface area contributed by atoms with Gasteiger partial charge in [0.05, 0.1) is 5.60 Å². The van der Waals surface area contributed by atoms with Crippen LogP contribution in [-0.2, 0) is 0 Å². The molecule has 2 N–H and O–H groups in total. The van der Waals surface area contributed by atoms with Gasteiger partial charge in [0.1, 0.15) is 0 Å². The van der Waals surface area contributed by atoms with Gasteiger partial charge in [-0.05, 0) is 32.1 Å². The molecule has 16 heavy (non-hydrogen) atoms. The van der Waals surface area contributed by atoms with Crippen LogP contribution in [0.4, 0.5) is 0 Å². The van der Waals surface area contributed by atoms with Crippen molar-refractivity contribution in [2.75, 3.05) is 0 Å². The lowest BCUT2D eigenvalue weighted by atomic mass is 9.67. The fourth-order valence-electron chi connectivity index (χ4n) is 4.69. The van der Waals surface area contributed by atoms with Crippen LogP contribution in [0.5, 0.6) is 0 Å². The smallest absolute Gasteiger partial charge is 0.0680 e. The summed E-state index contributed by atoms with van der Waals surface area (Å²) in [5.74, 6) is 1.30. The summed E-state index contributed by atoms with van der Waals surface area (Å²) in [5.41, 5.74) is -0.404. The molecule has 0 spiro atoms. The topological polar surface area (TPSA) is 32.3 Å². The molecule has 2 bridgehead atoms. The van der Waals surface area contributed by atoms with Gasteiger partial charge in [0.2, 0.25) is 0 Å². The van der Waals surface area contributed by atoms with E-state index in [0.717, 1.165) is 12.3 Å². The third-order valence-corrected chi connectivity index (χ3v) is 5.24. The Balaban J connectivity index is 1.79. The van der Waals surface area contributed by atoms with Crippen molar-refractivity contribution in [1.82, 2.24) is 5.32 Å². The molecule has 1 aliphatic carbocycles. The van der Waals surface area contributed by atoms with Gasteiger partial charge < -0.3 is 10.4 Å². The molecule has 4 atom stereocenters. The molecule has 3 aliphatic rings. The molecule has 3 rings (SSSR count). The van der Waals surface area contributed by atoms with Crippen LogP contribution in [0.1, 0.15) is 58.3 Å². The molecular formula is C14H25NO. The van der Waals surface area contributed by atoms with Crippen molar-refractivity contribution in [2.45, 2.75) is 76.0 Å². The maximum Gasteiger partial charge on any atom is 0.0680 e. The minimum atomic E-state index is -0.404. The largest absolute Gasteiger partial charge is 0.390 e. The van der Waals surface area contributed by atoms with Crippen molar-refractivity contribution in [3.05, 3.63) is 0 Å². The third-order valence-electron chi connectivity index (χ3n) is 5.24. The molecule has 2 heterocycles. The standard InChI is InChI=1S/C14H25NO/c1-14(16)9-11-7-8-12(15-11)13(14)10-5-3-2-4-6-10/h10-13,15-16H,2-9H2,1H3. The maximum absolute atomic E-state index is 10.7. The third kappa shape index (κ3) is 1.80. The Kier molecular flexibility index (Phi) is 2.75. The van der Waals surface area contributed by atoms with Gasteiger partial charge in [0.15, 0.2) is 0 Å². The molecule has 0 radical (unpaired) electrons. The first kappa shape index (κ1) is 11.0. The first-order valence-electron chi connectivity index (χ1n) is 7.15. The maximum atomic E-state index is 10.7. The highest BCUT2D eigenvalue weighted by molar-refractivity contribution is 5.05. The Labute approximate surface area is 98.8 Å². The Hall–Kier alpha value is -0.0800. The zero-order valence-electron chi connectivity index (χ0n) is 10.4. The minimum absolute atomic E-state index is 0.404. The highest BCUT2D eigenvalue weighted by Crippen LogP contribution is 2.46. The quantitative estimate of drug-likeness (QED) is 0.715. The van der Waals surface area contributed by atoms with Crippen LogP contribution in [0.3, 0.4) is 0 Å². The summed E-state index contributed by atoms with van der Waals surface area (Å²) in [6.45, 7) is 2.10. The van der Waals surface area contributed by atoms with Crippen LogP contribution in [0.2, 0.25) is 0 Å². The minimum Gasteiger partial charge on any atom is -0.390 e. The molecule has 2 heteroatoms. The molecule has 4 unspecified atom stereocenters. The van der Waals surface area contributed by atoms with Crippen LogP contribution >= 0.6 is 0 Å². The molecule has 2 nitrogen and oxygen atoms in total. The van der Waals surface area contributed by atoms with Crippen LogP contribution in [-0.4, -0.2) is 22.8 Å². The summed E-state index contributed by atoms with van der Waals surface area (Å²) < 4.78 is 0. The Morgan fingerprint density at radius 1 is 1.06 bits per heavy atom. The normalized spacial score (nSPS) is 49.5. The van der Waals surface area contributed by atoms with Crippen LogP contribution in [0.15, 0.2) is 0 Å². The Bertz CT molecular complexity index is 257. The number of piperidine rings is 1. The number of aliphatic hydroxyl groups is 1. The van der Waals surface area contributed by atoms with Gasteiger partial charge in [-0.2, -0.15) is 0 Å². The zero-order chi connectivity index (χ0) is 11.2. The lowest BCUT2D eigenvalue weighted by molar-refractivity contribution is -0.0743. The lowest BCUT2D eigenvalue weighted by Gasteiger charge is -2.47. The van der Waals surface area contributed by atoms with Gasteiger partial charge in [0.25, 0.3) is 0 Å². The van der Waals surface area contributed by atoms with Gasteiger partial charge in [-0.15, -0.1) is 0 Å². The van der Waals surface area contributed by atoms with Gasteiger partial charge in [-0.25, -0.2) is 0 Å². The van der Waals surface area contributed by atoms with E-state index in [9.17, 15) is 5.11 Å². The Morgan fingerprint density at radius 3 is 2.56 bits per heavy atom. The molecule has 0 aromatic rings. The molecule has 1 saturated carbocycles. The van der Waals surface area contributed by atoms with E-state index in [1.165, 1.54) is 44.9 Å². The highest BCUT2D eigenvalue weighted by atomic mass is 16.3. The summed E-state index contributed by atoms with van der Waals surface area (Å²) in [6, 6.07) is 1.21. The van der Waals surface area contributed by atoms with E-state index in [1.54, 1.807) is 0 Å². The van der Waals surface area contributed by atoms with E-state index < -0.39 is 5.60 Å². The average Bonchev–Trinajstić information content (AvgIpc) is 2.62. The average molecular weight is 223 g/mol.